The Morgan fingerprint density at radius 1 is 0.810 bits per heavy atom. The van der Waals surface area contributed by atoms with Crippen LogP contribution in [0.4, 0.5) is 0 Å². The van der Waals surface area contributed by atoms with Crippen molar-refractivity contribution < 1.29 is 62.7 Å². The van der Waals surface area contributed by atoms with Crippen LogP contribution in [0.3, 0.4) is 0 Å². The topological polar surface area (TPSA) is 183 Å². The van der Waals surface area contributed by atoms with E-state index in [1.807, 2.05) is 58.2 Å². The van der Waals surface area contributed by atoms with E-state index in [1.54, 1.807) is 31.2 Å². The minimum absolute atomic E-state index is 0.0301. The van der Waals surface area contributed by atoms with E-state index in [4.69, 9.17) is 42.6 Å². The zero-order valence-electron chi connectivity index (χ0n) is 31.6. The Hall–Kier alpha value is -4.90. The first-order chi connectivity index (χ1) is 28.1. The van der Waals surface area contributed by atoms with Crippen molar-refractivity contribution in [1.82, 2.24) is 3.56 Å². The zero-order chi connectivity index (χ0) is 40.2. The predicted molar refractivity (Wildman–Crippen MR) is 205 cm³/mol. The summed E-state index contributed by atoms with van der Waals surface area (Å²) >= 11 is 0.0784. The van der Waals surface area contributed by atoms with Crippen molar-refractivity contribution >= 4 is 30.3 Å². The number of aromatic nitrogens is 1. The molecule has 0 saturated carbocycles. The molecule has 1 aromatic heterocycles. The number of para-hydroxylation sites is 1. The average molecular weight is 863 g/mol. The van der Waals surface area contributed by atoms with E-state index in [1.165, 1.54) is 18.5 Å². The van der Waals surface area contributed by atoms with Crippen LogP contribution in [0.2, 0.25) is 0 Å². The molecule has 0 radical (unpaired) electrons. The second-order valence-electron chi connectivity index (χ2n) is 14.5. The molecular weight excluding hydrogens is 821 g/mol. The Labute approximate surface area is 338 Å². The van der Waals surface area contributed by atoms with Gasteiger partial charge in [-0.2, -0.15) is 0 Å². The number of hydrogen-bond donors (Lipinski definition) is 3. The molecule has 4 aromatic carbocycles. The molecule has 5 aromatic rings. The van der Waals surface area contributed by atoms with Gasteiger partial charge in [-0.3, -0.25) is 4.79 Å². The molecule has 4 aliphatic heterocycles. The Morgan fingerprint density at radius 2 is 1.50 bits per heavy atom. The number of esters is 1. The third kappa shape index (κ3) is 6.73. The van der Waals surface area contributed by atoms with E-state index in [0.29, 0.717) is 28.2 Å². The Bertz CT molecular complexity index is 2360. The summed E-state index contributed by atoms with van der Waals surface area (Å²) in [5.74, 6) is -1.02. The number of benzene rings is 4. The molecule has 16 heteroatoms. The first-order valence-electron chi connectivity index (χ1n) is 18.8. The van der Waals surface area contributed by atoms with Crippen LogP contribution in [0.15, 0.2) is 83.7 Å². The fourth-order valence-corrected chi connectivity index (χ4v) is 10.5. The molecule has 58 heavy (non-hydrogen) atoms. The van der Waals surface area contributed by atoms with Crippen molar-refractivity contribution in [2.75, 3.05) is 34.2 Å². The number of methoxy groups -OCH3 is 2. The number of rotatable bonds is 6. The number of phenolic OH excluding ortho intramolecular Hbond substituents is 1. The van der Waals surface area contributed by atoms with Crippen LogP contribution in [-0.4, -0.2) is 111 Å². The van der Waals surface area contributed by atoms with Crippen molar-refractivity contribution in [3.63, 3.8) is 0 Å². The monoisotopic (exact) mass is 863 g/mol. The molecule has 3 fully saturated rings. The normalized spacial score (nSPS) is 29.4. The number of phenols is 1. The van der Waals surface area contributed by atoms with Crippen molar-refractivity contribution in [3.05, 3.63) is 106 Å². The van der Waals surface area contributed by atoms with Gasteiger partial charge < -0.3 is 58.0 Å². The molecule has 0 bridgehead atoms. The summed E-state index contributed by atoms with van der Waals surface area (Å²) < 4.78 is 54.6. The van der Waals surface area contributed by atoms with Crippen LogP contribution in [0.1, 0.15) is 35.6 Å². The number of hydrogen-bond acceptors (Lipinski definition) is 14. The fraction of sp³-hybridized carbons (Fsp3) is 0.381. The number of carbonyl (C=O) groups is 1. The summed E-state index contributed by atoms with van der Waals surface area (Å²) in [5.41, 5.74) is 3.13. The van der Waals surface area contributed by atoms with E-state index in [2.05, 4.69) is 0 Å². The maximum absolute atomic E-state index is 13.4. The van der Waals surface area contributed by atoms with Crippen molar-refractivity contribution in [3.8, 4) is 34.4 Å². The van der Waals surface area contributed by atoms with Crippen molar-refractivity contribution in [1.29, 1.82) is 0 Å². The van der Waals surface area contributed by atoms with Crippen LogP contribution in [0, 0.1) is 11.8 Å². The molecule has 10 atom stereocenters. The number of carbonyl (C=O) groups excluding carboxylic acids is 1. The van der Waals surface area contributed by atoms with Crippen LogP contribution < -0.4 is 24.5 Å². The molecule has 1 aliphatic carbocycles. The Kier molecular flexibility index (Phi) is 10.4. The Balaban J connectivity index is 0.000000226. The standard InChI is InChI=1S/C29H32O13.C13H9NOSe/c1-11-36-9-20-27(40-11)24(31)25(32)29(41-20)42-26-14-7-17-16(38-10-39-17)6-13(14)21(22-15(26)8-37-28(22)33)12-4-18(34-2)23(30)19(5-12)35-3;15-13-11-8-4-5-9-12(11)16-14(13)10-6-2-1-3-7-10/h4-7,11,15,20-22,24-27,29-32H,8-10H2,1-3H3;1-9H/t11-,15?,20-,21-,22+,24-,25-,26?,27-,29+;/m1./s1. The number of aromatic hydroxyl groups is 1. The van der Waals surface area contributed by atoms with Gasteiger partial charge in [0.05, 0.1) is 39.5 Å². The molecule has 2 unspecified atom stereocenters. The van der Waals surface area contributed by atoms with Gasteiger partial charge in [0.2, 0.25) is 12.5 Å². The minimum atomic E-state index is -1.44. The first kappa shape index (κ1) is 38.6. The number of fused-ring (bicyclic) bond motifs is 5. The van der Waals surface area contributed by atoms with Gasteiger partial charge in [-0.15, -0.1) is 0 Å². The van der Waals surface area contributed by atoms with Gasteiger partial charge in [-0.25, -0.2) is 0 Å². The van der Waals surface area contributed by atoms with Crippen LogP contribution >= 0.6 is 0 Å². The number of aliphatic hydroxyl groups excluding tert-OH is 2. The number of cyclic esters (lactones) is 1. The summed E-state index contributed by atoms with van der Waals surface area (Å²) in [6, 6.07) is 24.6. The fourth-order valence-electron chi connectivity index (χ4n) is 8.44. The molecule has 10 rings (SSSR count). The number of ether oxygens (including phenoxy) is 9. The molecule has 304 valence electrons. The molecule has 3 N–H and O–H groups in total. The van der Waals surface area contributed by atoms with Crippen LogP contribution in [0.5, 0.6) is 28.7 Å². The molecule has 5 heterocycles. The van der Waals surface area contributed by atoms with Gasteiger partial charge in [-0.05, 0) is 47.9 Å². The van der Waals surface area contributed by atoms with Gasteiger partial charge in [-0.1, -0.05) is 0 Å². The molecule has 15 nitrogen and oxygen atoms in total. The number of aliphatic hydroxyl groups is 2. The second-order valence-corrected chi connectivity index (χ2v) is 16.6. The van der Waals surface area contributed by atoms with E-state index >= 15 is 0 Å². The van der Waals surface area contributed by atoms with Gasteiger partial charge in [0.1, 0.15) is 24.4 Å². The second kappa shape index (κ2) is 15.7. The summed E-state index contributed by atoms with van der Waals surface area (Å²) in [6.45, 7) is 1.93. The summed E-state index contributed by atoms with van der Waals surface area (Å²) in [7, 11) is 2.86. The van der Waals surface area contributed by atoms with Gasteiger partial charge >= 0.3 is 105 Å². The third-order valence-electron chi connectivity index (χ3n) is 11.2. The molecule has 3 saturated heterocycles. The van der Waals surface area contributed by atoms with Crippen molar-refractivity contribution in [2.45, 2.75) is 55.9 Å². The van der Waals surface area contributed by atoms with Crippen molar-refractivity contribution in [2.24, 2.45) is 11.8 Å². The van der Waals surface area contributed by atoms with Crippen LogP contribution in [-0.2, 0) is 28.5 Å². The molecule has 0 spiro atoms. The molecule has 5 aliphatic rings. The Morgan fingerprint density at radius 3 is 2.21 bits per heavy atom. The van der Waals surface area contributed by atoms with E-state index in [9.17, 15) is 24.9 Å². The number of nitrogens with zero attached hydrogens (tertiary/aromatic N) is 1. The molecule has 0 amide bonds. The van der Waals surface area contributed by atoms with Gasteiger partial charge in [0, 0.05) is 11.8 Å². The SMILES string of the molecule is COc1cc([C@@H]2c3cc4c(cc3C(O[C@@H]3O[C@@H]5CO[C@@H](C)O[C@H]5[C@H](O)[C@H]3O)C3COC(=O)[C@@H]32)OCO4)cc(OC)c1O.O=c1c2ccccc2[se]n1-c1ccccc1. The van der Waals surface area contributed by atoms with E-state index in [0.717, 1.165) is 11.1 Å². The predicted octanol–water partition coefficient (Wildman–Crippen LogP) is 3.39. The van der Waals surface area contributed by atoms with E-state index in [-0.39, 0.29) is 57.5 Å². The van der Waals surface area contributed by atoms with Gasteiger partial charge in [0.25, 0.3) is 0 Å². The van der Waals surface area contributed by atoms with Gasteiger partial charge in [0.15, 0.2) is 35.6 Å². The maximum atomic E-state index is 13.4. The summed E-state index contributed by atoms with van der Waals surface area (Å²) in [4.78, 5) is 25.5. The average Bonchev–Trinajstić information content (AvgIpc) is 3.97. The summed E-state index contributed by atoms with van der Waals surface area (Å²) in [5, 5.41) is 33.4. The van der Waals surface area contributed by atoms with E-state index < -0.39 is 66.8 Å². The van der Waals surface area contributed by atoms with Crippen LogP contribution in [0.25, 0.3) is 15.3 Å². The first-order valence-corrected chi connectivity index (χ1v) is 20.4. The molecular formula is C42H41NO14Se. The third-order valence-corrected chi connectivity index (χ3v) is 13.6. The zero-order valence-corrected chi connectivity index (χ0v) is 33.3. The quantitative estimate of drug-likeness (QED) is 0.167. The summed E-state index contributed by atoms with van der Waals surface area (Å²) in [6.07, 6.45) is -6.80.